The number of aliphatic hydroxyl groups is 1. The molecule has 1 aromatic heterocycles. The van der Waals surface area contributed by atoms with Crippen LogP contribution in [0.4, 0.5) is 0 Å². The summed E-state index contributed by atoms with van der Waals surface area (Å²) in [4.78, 5) is 14.9. The van der Waals surface area contributed by atoms with Crippen LogP contribution in [-0.4, -0.2) is 40.9 Å². The molecule has 0 aromatic carbocycles. The van der Waals surface area contributed by atoms with Crippen molar-refractivity contribution < 1.29 is 9.90 Å². The Kier molecular flexibility index (Phi) is 6.62. The van der Waals surface area contributed by atoms with Gasteiger partial charge in [0.1, 0.15) is 0 Å². The van der Waals surface area contributed by atoms with Crippen molar-refractivity contribution in [1.29, 1.82) is 0 Å². The minimum Gasteiger partial charge on any atom is -0.395 e. The number of hydrogen-bond donors (Lipinski definition) is 1. The summed E-state index contributed by atoms with van der Waals surface area (Å²) in [7, 11) is 0. The third kappa shape index (κ3) is 5.10. The van der Waals surface area contributed by atoms with E-state index in [4.69, 9.17) is 5.11 Å². The number of thioether (sulfide) groups is 1. The molecular weight excluding hydrogens is 254 g/mol. The molecule has 3 nitrogen and oxygen atoms in total. The predicted octanol–water partition coefficient (Wildman–Crippen LogP) is 2.21. The molecule has 1 aromatic rings. The van der Waals surface area contributed by atoms with Crippen molar-refractivity contribution in [2.45, 2.75) is 25.6 Å². The van der Waals surface area contributed by atoms with Gasteiger partial charge in [-0.2, -0.15) is 0 Å². The second-order valence-corrected chi connectivity index (χ2v) is 5.99. The Balaban J connectivity index is 2.31. The van der Waals surface area contributed by atoms with Crippen LogP contribution in [0.2, 0.25) is 0 Å². The average Bonchev–Trinajstić information content (AvgIpc) is 2.78. The molecule has 0 aliphatic rings. The van der Waals surface area contributed by atoms with Gasteiger partial charge in [0.05, 0.1) is 12.4 Å². The molecule has 0 radical (unpaired) electrons. The lowest BCUT2D eigenvalue weighted by Crippen LogP contribution is -2.40. The van der Waals surface area contributed by atoms with Gasteiger partial charge in [-0.25, -0.2) is 0 Å². The largest absolute Gasteiger partial charge is 0.395 e. The van der Waals surface area contributed by atoms with Gasteiger partial charge in [-0.05, 0) is 25.3 Å². The molecule has 1 heterocycles. The third-order valence-corrected chi connectivity index (χ3v) is 4.36. The van der Waals surface area contributed by atoms with Crippen molar-refractivity contribution in [3.8, 4) is 0 Å². The monoisotopic (exact) mass is 273 g/mol. The Labute approximate surface area is 111 Å². The fraction of sp³-hybridized carbons (Fsp3) is 0.583. The molecule has 1 rings (SSSR count). The Bertz CT molecular complexity index is 325. The summed E-state index contributed by atoms with van der Waals surface area (Å²) in [6.45, 7) is 4.39. The van der Waals surface area contributed by atoms with Crippen LogP contribution in [0, 0.1) is 0 Å². The number of carbonyl (C=O) groups is 1. The van der Waals surface area contributed by atoms with Gasteiger partial charge in [-0.15, -0.1) is 23.1 Å². The van der Waals surface area contributed by atoms with Crippen molar-refractivity contribution in [2.24, 2.45) is 0 Å². The van der Waals surface area contributed by atoms with Crippen molar-refractivity contribution >= 4 is 29.0 Å². The molecule has 0 spiro atoms. The van der Waals surface area contributed by atoms with Crippen LogP contribution in [0.1, 0.15) is 18.7 Å². The first-order valence-electron chi connectivity index (χ1n) is 5.65. The number of hydrogen-bond acceptors (Lipinski definition) is 4. The molecule has 17 heavy (non-hydrogen) atoms. The standard InChI is InChI=1S/C12H19NO2S2/c1-10(2)13(5-6-14)12(15)9-16-8-11-4-3-7-17-11/h3-4,7,10,14H,5-6,8-9H2,1-2H3. The van der Waals surface area contributed by atoms with Crippen molar-refractivity contribution in [2.75, 3.05) is 18.9 Å². The highest BCUT2D eigenvalue weighted by atomic mass is 32.2. The minimum absolute atomic E-state index is 0.0273. The summed E-state index contributed by atoms with van der Waals surface area (Å²) in [6.07, 6.45) is 0. The topological polar surface area (TPSA) is 40.5 Å². The molecule has 1 N–H and O–H groups in total. The Morgan fingerprint density at radius 2 is 2.35 bits per heavy atom. The summed E-state index contributed by atoms with van der Waals surface area (Å²) >= 11 is 3.34. The second kappa shape index (κ2) is 7.74. The summed E-state index contributed by atoms with van der Waals surface area (Å²) in [6, 6.07) is 4.25. The first-order valence-corrected chi connectivity index (χ1v) is 7.69. The molecule has 0 aliphatic carbocycles. The zero-order valence-electron chi connectivity index (χ0n) is 10.3. The van der Waals surface area contributed by atoms with E-state index in [9.17, 15) is 4.79 Å². The van der Waals surface area contributed by atoms with E-state index in [0.29, 0.717) is 12.3 Å². The van der Waals surface area contributed by atoms with Crippen molar-refractivity contribution in [3.05, 3.63) is 22.4 Å². The van der Waals surface area contributed by atoms with Crippen molar-refractivity contribution in [1.82, 2.24) is 4.90 Å². The van der Waals surface area contributed by atoms with Gasteiger partial charge in [-0.3, -0.25) is 4.79 Å². The Morgan fingerprint density at radius 1 is 1.59 bits per heavy atom. The quantitative estimate of drug-likeness (QED) is 0.828. The van der Waals surface area contributed by atoms with E-state index in [1.807, 2.05) is 25.3 Å². The molecule has 5 heteroatoms. The maximum Gasteiger partial charge on any atom is 0.232 e. The zero-order chi connectivity index (χ0) is 12.7. The van der Waals surface area contributed by atoms with E-state index in [0.717, 1.165) is 5.75 Å². The van der Waals surface area contributed by atoms with Gasteiger partial charge in [0.25, 0.3) is 0 Å². The van der Waals surface area contributed by atoms with Gasteiger partial charge in [0.2, 0.25) is 5.91 Å². The lowest BCUT2D eigenvalue weighted by molar-refractivity contribution is -0.130. The van der Waals surface area contributed by atoms with Gasteiger partial charge in [0.15, 0.2) is 0 Å². The van der Waals surface area contributed by atoms with Crippen LogP contribution in [0.25, 0.3) is 0 Å². The number of nitrogens with zero attached hydrogens (tertiary/aromatic N) is 1. The summed E-state index contributed by atoms with van der Waals surface area (Å²) in [5.74, 6) is 1.47. The van der Waals surface area contributed by atoms with E-state index >= 15 is 0 Å². The van der Waals surface area contributed by atoms with Gasteiger partial charge in [0, 0.05) is 23.2 Å². The predicted molar refractivity (Wildman–Crippen MR) is 74.4 cm³/mol. The molecule has 1 amide bonds. The van der Waals surface area contributed by atoms with Gasteiger partial charge < -0.3 is 10.0 Å². The van der Waals surface area contributed by atoms with E-state index in [2.05, 4.69) is 6.07 Å². The summed E-state index contributed by atoms with van der Waals surface area (Å²) in [5.41, 5.74) is 0. The van der Waals surface area contributed by atoms with Crippen LogP contribution in [0.3, 0.4) is 0 Å². The Hall–Kier alpha value is -0.520. The van der Waals surface area contributed by atoms with Crippen molar-refractivity contribution in [3.63, 3.8) is 0 Å². The van der Waals surface area contributed by atoms with Crippen LogP contribution >= 0.6 is 23.1 Å². The van der Waals surface area contributed by atoms with Gasteiger partial charge >= 0.3 is 0 Å². The number of rotatable bonds is 7. The number of amides is 1. The molecular formula is C12H19NO2S2. The van der Waals surface area contributed by atoms with Crippen LogP contribution in [0.15, 0.2) is 17.5 Å². The first-order chi connectivity index (χ1) is 8.15. The lowest BCUT2D eigenvalue weighted by Gasteiger charge is -2.25. The lowest BCUT2D eigenvalue weighted by atomic mass is 10.3. The SMILES string of the molecule is CC(C)N(CCO)C(=O)CSCc1cccs1. The highest BCUT2D eigenvalue weighted by Crippen LogP contribution is 2.17. The zero-order valence-corrected chi connectivity index (χ0v) is 11.9. The fourth-order valence-electron chi connectivity index (χ4n) is 1.50. The molecule has 0 saturated heterocycles. The summed E-state index contributed by atoms with van der Waals surface area (Å²) in [5, 5.41) is 11.0. The molecule has 0 bridgehead atoms. The highest BCUT2D eigenvalue weighted by molar-refractivity contribution is 7.99. The minimum atomic E-state index is 0.0273. The molecule has 0 aliphatic heterocycles. The van der Waals surface area contributed by atoms with Gasteiger partial charge in [-0.1, -0.05) is 6.07 Å². The van der Waals surface area contributed by atoms with Crippen LogP contribution < -0.4 is 0 Å². The number of thiophene rings is 1. The number of aliphatic hydroxyl groups excluding tert-OH is 1. The molecule has 96 valence electrons. The molecule has 0 atom stereocenters. The van der Waals surface area contributed by atoms with Crippen LogP contribution in [0.5, 0.6) is 0 Å². The highest BCUT2D eigenvalue weighted by Gasteiger charge is 2.15. The van der Waals surface area contributed by atoms with E-state index in [1.165, 1.54) is 4.88 Å². The van der Waals surface area contributed by atoms with Crippen LogP contribution in [-0.2, 0) is 10.5 Å². The summed E-state index contributed by atoms with van der Waals surface area (Å²) < 4.78 is 0. The molecule has 0 fully saturated rings. The molecule has 0 saturated carbocycles. The normalized spacial score (nSPS) is 10.8. The Morgan fingerprint density at radius 3 is 2.88 bits per heavy atom. The fourth-order valence-corrected chi connectivity index (χ4v) is 3.25. The molecule has 0 unspecified atom stereocenters. The third-order valence-electron chi connectivity index (χ3n) is 2.33. The van der Waals surface area contributed by atoms with E-state index in [1.54, 1.807) is 28.0 Å². The average molecular weight is 273 g/mol. The smallest absolute Gasteiger partial charge is 0.232 e. The van der Waals surface area contributed by atoms with E-state index < -0.39 is 0 Å². The maximum absolute atomic E-state index is 11.9. The number of carbonyl (C=O) groups excluding carboxylic acids is 1. The second-order valence-electron chi connectivity index (χ2n) is 3.98. The maximum atomic E-state index is 11.9. The first kappa shape index (κ1) is 14.5. The van der Waals surface area contributed by atoms with E-state index in [-0.39, 0.29) is 18.6 Å².